The highest BCUT2D eigenvalue weighted by molar-refractivity contribution is 5.76. The minimum Gasteiger partial charge on any atom is -0.491 e. The fourth-order valence-electron chi connectivity index (χ4n) is 3.50. The van der Waals surface area contributed by atoms with Crippen molar-refractivity contribution in [2.45, 2.75) is 31.9 Å². The first-order valence-electron chi connectivity index (χ1n) is 8.77. The van der Waals surface area contributed by atoms with Gasteiger partial charge in [0.1, 0.15) is 18.5 Å². The number of likely N-dealkylation sites (tertiary alicyclic amines) is 1. The molecule has 2 aliphatic rings. The molecule has 2 aliphatic heterocycles. The van der Waals surface area contributed by atoms with Gasteiger partial charge in [0.2, 0.25) is 0 Å². The van der Waals surface area contributed by atoms with Crippen molar-refractivity contribution in [3.05, 3.63) is 29.8 Å². The summed E-state index contributed by atoms with van der Waals surface area (Å²) in [7, 11) is 0. The second-order valence-electron chi connectivity index (χ2n) is 6.69. The first kappa shape index (κ1) is 17.0. The molecule has 132 valence electrons. The molecule has 3 rings (SSSR count). The van der Waals surface area contributed by atoms with Gasteiger partial charge in [-0.15, -0.1) is 0 Å². The third-order valence-corrected chi connectivity index (χ3v) is 4.88. The van der Waals surface area contributed by atoms with Gasteiger partial charge in [0.25, 0.3) is 0 Å². The number of amides is 2. The molecule has 1 aromatic carbocycles. The first-order chi connectivity index (χ1) is 11.6. The first-order valence-corrected chi connectivity index (χ1v) is 8.77. The highest BCUT2D eigenvalue weighted by Gasteiger charge is 2.30. The summed E-state index contributed by atoms with van der Waals surface area (Å²) in [6.07, 6.45) is 1.44. The van der Waals surface area contributed by atoms with Gasteiger partial charge in [-0.3, -0.25) is 0 Å². The molecule has 0 bridgehead atoms. The number of carbonyl (C=O) groups is 1. The summed E-state index contributed by atoms with van der Waals surface area (Å²) in [5, 5.41) is 13.1. The molecule has 0 aliphatic carbocycles. The van der Waals surface area contributed by atoms with Gasteiger partial charge in [-0.25, -0.2) is 4.79 Å². The van der Waals surface area contributed by atoms with Crippen LogP contribution in [0.1, 0.15) is 18.4 Å². The second kappa shape index (κ2) is 7.85. The van der Waals surface area contributed by atoms with Crippen LogP contribution in [0.25, 0.3) is 0 Å². The lowest BCUT2D eigenvalue weighted by molar-refractivity contribution is 0.0507. The van der Waals surface area contributed by atoms with Gasteiger partial charge >= 0.3 is 6.03 Å². The van der Waals surface area contributed by atoms with Gasteiger partial charge in [-0.1, -0.05) is 18.2 Å². The summed E-state index contributed by atoms with van der Waals surface area (Å²) < 4.78 is 5.72. The van der Waals surface area contributed by atoms with Crippen molar-refractivity contribution >= 4 is 6.03 Å². The molecule has 6 heteroatoms. The number of piperidine rings is 1. The number of aryl methyl sites for hydroxylation is 1. The van der Waals surface area contributed by atoms with Crippen molar-refractivity contribution in [1.82, 2.24) is 15.1 Å². The number of urea groups is 1. The maximum Gasteiger partial charge on any atom is 0.317 e. The molecule has 2 fully saturated rings. The Morgan fingerprint density at radius 1 is 1.29 bits per heavy atom. The molecule has 0 saturated carbocycles. The number of ether oxygens (including phenoxy) is 1. The predicted molar refractivity (Wildman–Crippen MR) is 92.2 cm³/mol. The fraction of sp³-hybridized carbons (Fsp3) is 0.611. The molecular weight excluding hydrogens is 306 g/mol. The van der Waals surface area contributed by atoms with E-state index in [1.54, 1.807) is 0 Å². The molecule has 0 aromatic heterocycles. The zero-order valence-corrected chi connectivity index (χ0v) is 14.3. The van der Waals surface area contributed by atoms with Crippen LogP contribution < -0.4 is 10.1 Å². The summed E-state index contributed by atoms with van der Waals surface area (Å²) in [6, 6.07) is 8.25. The SMILES string of the molecule is Cc1ccccc1OCC(O)CN1CCC(N2CCNC2=O)CC1. The number of aliphatic hydroxyl groups excluding tert-OH is 1. The number of nitrogens with one attached hydrogen (secondary N) is 1. The van der Waals surface area contributed by atoms with E-state index in [2.05, 4.69) is 10.2 Å². The number of β-amino-alcohol motifs (C(OH)–C–C–N with tert-alkyl or cyclic N) is 1. The number of aliphatic hydroxyl groups is 1. The Morgan fingerprint density at radius 2 is 2.04 bits per heavy atom. The largest absolute Gasteiger partial charge is 0.491 e. The molecular formula is C18H27N3O3. The van der Waals surface area contributed by atoms with E-state index in [9.17, 15) is 9.90 Å². The smallest absolute Gasteiger partial charge is 0.317 e. The zero-order valence-electron chi connectivity index (χ0n) is 14.3. The number of hydrogen-bond acceptors (Lipinski definition) is 4. The van der Waals surface area contributed by atoms with Gasteiger partial charge in [-0.05, 0) is 31.4 Å². The lowest BCUT2D eigenvalue weighted by Crippen LogP contribution is -2.48. The molecule has 2 amide bonds. The summed E-state index contributed by atoms with van der Waals surface area (Å²) in [4.78, 5) is 15.9. The molecule has 2 saturated heterocycles. The average Bonchev–Trinajstić information content (AvgIpc) is 3.01. The molecule has 0 spiro atoms. The average molecular weight is 333 g/mol. The van der Waals surface area contributed by atoms with E-state index in [4.69, 9.17) is 4.74 Å². The maximum atomic E-state index is 11.7. The van der Waals surface area contributed by atoms with Crippen LogP contribution in [0.5, 0.6) is 5.75 Å². The van der Waals surface area contributed by atoms with Crippen molar-refractivity contribution in [1.29, 1.82) is 0 Å². The lowest BCUT2D eigenvalue weighted by atomic mass is 10.0. The van der Waals surface area contributed by atoms with E-state index in [0.717, 1.165) is 50.3 Å². The Labute approximate surface area is 143 Å². The standard InChI is InChI=1S/C18H27N3O3/c1-14-4-2-3-5-17(14)24-13-16(22)12-20-9-6-15(7-10-20)21-11-8-19-18(21)23/h2-5,15-16,22H,6-13H2,1H3,(H,19,23). The molecule has 2 heterocycles. The normalized spacial score (nSPS) is 20.9. The molecule has 2 N–H and O–H groups in total. The number of benzene rings is 1. The third kappa shape index (κ3) is 4.19. The molecule has 1 atom stereocenters. The summed E-state index contributed by atoms with van der Waals surface area (Å²) >= 11 is 0. The van der Waals surface area contributed by atoms with Crippen LogP contribution in [0.3, 0.4) is 0 Å². The van der Waals surface area contributed by atoms with E-state index in [1.807, 2.05) is 36.1 Å². The van der Waals surface area contributed by atoms with Crippen molar-refractivity contribution in [3.8, 4) is 5.75 Å². The highest BCUT2D eigenvalue weighted by atomic mass is 16.5. The van der Waals surface area contributed by atoms with Crippen molar-refractivity contribution < 1.29 is 14.6 Å². The van der Waals surface area contributed by atoms with Crippen LogP contribution in [-0.2, 0) is 0 Å². The van der Waals surface area contributed by atoms with Crippen molar-refractivity contribution in [2.75, 3.05) is 39.3 Å². The van der Waals surface area contributed by atoms with Crippen LogP contribution >= 0.6 is 0 Å². The van der Waals surface area contributed by atoms with Crippen LogP contribution in [0, 0.1) is 6.92 Å². The number of rotatable bonds is 6. The lowest BCUT2D eigenvalue weighted by Gasteiger charge is -2.36. The van der Waals surface area contributed by atoms with Gasteiger partial charge in [-0.2, -0.15) is 0 Å². The van der Waals surface area contributed by atoms with Crippen molar-refractivity contribution in [2.24, 2.45) is 0 Å². The van der Waals surface area contributed by atoms with Crippen LogP contribution in [0.2, 0.25) is 0 Å². The Balaban J connectivity index is 1.39. The Hall–Kier alpha value is -1.79. The highest BCUT2D eigenvalue weighted by Crippen LogP contribution is 2.19. The minimum absolute atomic E-state index is 0.0696. The topological polar surface area (TPSA) is 65.0 Å². The summed E-state index contributed by atoms with van der Waals surface area (Å²) in [5.74, 6) is 0.829. The fourth-order valence-corrected chi connectivity index (χ4v) is 3.50. The van der Waals surface area contributed by atoms with E-state index in [1.165, 1.54) is 0 Å². The van der Waals surface area contributed by atoms with Crippen LogP contribution in [-0.4, -0.2) is 72.4 Å². The minimum atomic E-state index is -0.503. The predicted octanol–water partition coefficient (Wildman–Crippen LogP) is 1.22. The van der Waals surface area contributed by atoms with E-state index < -0.39 is 6.10 Å². The summed E-state index contributed by atoms with van der Waals surface area (Å²) in [5.41, 5.74) is 1.08. The molecule has 1 aromatic rings. The Bertz CT molecular complexity index is 558. The summed E-state index contributed by atoms with van der Waals surface area (Å²) in [6.45, 7) is 6.32. The molecule has 0 radical (unpaired) electrons. The molecule has 1 unspecified atom stereocenters. The zero-order chi connectivity index (χ0) is 16.9. The monoisotopic (exact) mass is 333 g/mol. The van der Waals surface area contributed by atoms with Crippen molar-refractivity contribution in [3.63, 3.8) is 0 Å². The Kier molecular flexibility index (Phi) is 5.58. The maximum absolute atomic E-state index is 11.7. The molecule has 6 nitrogen and oxygen atoms in total. The second-order valence-corrected chi connectivity index (χ2v) is 6.69. The number of hydrogen-bond donors (Lipinski definition) is 2. The number of carbonyl (C=O) groups excluding carboxylic acids is 1. The van der Waals surface area contributed by atoms with Gasteiger partial charge < -0.3 is 25.0 Å². The van der Waals surface area contributed by atoms with Crippen LogP contribution in [0.15, 0.2) is 24.3 Å². The molecule has 24 heavy (non-hydrogen) atoms. The Morgan fingerprint density at radius 3 is 2.71 bits per heavy atom. The van der Waals surface area contributed by atoms with Crippen LogP contribution in [0.4, 0.5) is 4.79 Å². The third-order valence-electron chi connectivity index (χ3n) is 4.88. The van der Waals surface area contributed by atoms with E-state index in [0.29, 0.717) is 19.2 Å². The van der Waals surface area contributed by atoms with Gasteiger partial charge in [0.05, 0.1) is 0 Å². The van der Waals surface area contributed by atoms with Gasteiger partial charge in [0, 0.05) is 38.8 Å². The van der Waals surface area contributed by atoms with Gasteiger partial charge in [0.15, 0.2) is 0 Å². The quantitative estimate of drug-likeness (QED) is 0.822. The van der Waals surface area contributed by atoms with E-state index >= 15 is 0 Å². The van der Waals surface area contributed by atoms with E-state index in [-0.39, 0.29) is 6.03 Å². The number of nitrogens with zero attached hydrogens (tertiary/aromatic N) is 2. The number of para-hydroxylation sites is 1.